The minimum Gasteiger partial charge on any atom is -0.348 e. The first-order valence-electron chi connectivity index (χ1n) is 4.00. The van der Waals surface area contributed by atoms with Gasteiger partial charge in [-0.05, 0) is 24.5 Å². The molecule has 3 heteroatoms. The fourth-order valence-electron chi connectivity index (χ4n) is 0.984. The molecule has 0 spiro atoms. The summed E-state index contributed by atoms with van der Waals surface area (Å²) in [4.78, 5) is 7.07. The zero-order chi connectivity index (χ0) is 7.52. The molecule has 0 radical (unpaired) electrons. The highest BCUT2D eigenvalue weighted by Gasteiger charge is 2.20. The van der Waals surface area contributed by atoms with Crippen molar-refractivity contribution in [2.24, 2.45) is 5.92 Å². The molecule has 0 amide bonds. The lowest BCUT2D eigenvalue weighted by Gasteiger charge is -1.95. The Labute approximate surface area is 70.8 Å². The minimum absolute atomic E-state index is 1.03. The summed E-state index contributed by atoms with van der Waals surface area (Å²) in [5.74, 6) is 3.46. The molecule has 0 unspecified atom stereocenters. The van der Waals surface area contributed by atoms with Crippen LogP contribution in [0.5, 0.6) is 0 Å². The highest BCUT2D eigenvalue weighted by Crippen LogP contribution is 2.32. The third kappa shape index (κ3) is 2.26. The van der Waals surface area contributed by atoms with Gasteiger partial charge in [-0.1, -0.05) is 0 Å². The first kappa shape index (κ1) is 7.22. The molecule has 60 valence electrons. The van der Waals surface area contributed by atoms with Crippen molar-refractivity contribution in [3.8, 4) is 0 Å². The van der Waals surface area contributed by atoms with Crippen LogP contribution in [-0.2, 0) is 5.75 Å². The lowest BCUT2D eigenvalue weighted by molar-refractivity contribution is 0.998. The van der Waals surface area contributed by atoms with Crippen molar-refractivity contribution in [1.82, 2.24) is 9.97 Å². The number of rotatable bonds is 4. The van der Waals surface area contributed by atoms with E-state index in [-0.39, 0.29) is 0 Å². The van der Waals surface area contributed by atoms with E-state index in [0.717, 1.165) is 11.7 Å². The van der Waals surface area contributed by atoms with Crippen molar-refractivity contribution < 1.29 is 0 Å². The maximum absolute atomic E-state index is 3.97. The molecule has 0 aromatic carbocycles. The van der Waals surface area contributed by atoms with Crippen LogP contribution in [0.4, 0.5) is 0 Å². The lowest BCUT2D eigenvalue weighted by atomic mass is 10.5. The molecule has 1 aliphatic rings. The maximum Gasteiger partial charge on any atom is 0.0921 e. The molecule has 2 nitrogen and oxygen atoms in total. The topological polar surface area (TPSA) is 28.7 Å². The first-order valence-corrected chi connectivity index (χ1v) is 5.15. The SMILES string of the molecule is c1ncc(CSCC2CC2)[nH]1. The van der Waals surface area contributed by atoms with E-state index in [4.69, 9.17) is 0 Å². The summed E-state index contributed by atoms with van der Waals surface area (Å²) >= 11 is 2.01. The second-order valence-corrected chi connectivity index (χ2v) is 4.07. The quantitative estimate of drug-likeness (QED) is 0.745. The first-order chi connectivity index (χ1) is 5.45. The van der Waals surface area contributed by atoms with E-state index >= 15 is 0 Å². The number of aromatic nitrogens is 2. The van der Waals surface area contributed by atoms with E-state index in [1.54, 1.807) is 6.33 Å². The molecule has 1 aromatic rings. The number of nitrogens with one attached hydrogen (secondary N) is 1. The van der Waals surface area contributed by atoms with Gasteiger partial charge in [-0.25, -0.2) is 4.98 Å². The average Bonchev–Trinajstić information content (AvgIpc) is 2.66. The average molecular weight is 168 g/mol. The van der Waals surface area contributed by atoms with Gasteiger partial charge in [0.2, 0.25) is 0 Å². The van der Waals surface area contributed by atoms with Gasteiger partial charge in [0.1, 0.15) is 0 Å². The summed E-state index contributed by atoms with van der Waals surface area (Å²) in [6.07, 6.45) is 6.55. The smallest absolute Gasteiger partial charge is 0.0921 e. The van der Waals surface area contributed by atoms with Gasteiger partial charge in [0, 0.05) is 17.6 Å². The van der Waals surface area contributed by atoms with Gasteiger partial charge in [0.05, 0.1) is 6.33 Å². The van der Waals surface area contributed by atoms with Crippen LogP contribution in [-0.4, -0.2) is 15.7 Å². The molecule has 1 fully saturated rings. The van der Waals surface area contributed by atoms with E-state index in [9.17, 15) is 0 Å². The number of H-pyrrole nitrogens is 1. The number of thioether (sulfide) groups is 1. The van der Waals surface area contributed by atoms with Crippen LogP contribution in [0.15, 0.2) is 12.5 Å². The molecule has 2 rings (SSSR count). The third-order valence-corrected chi connectivity index (χ3v) is 3.09. The normalized spacial score (nSPS) is 17.1. The molecule has 0 aliphatic heterocycles. The summed E-state index contributed by atoms with van der Waals surface area (Å²) in [5, 5.41) is 0. The zero-order valence-electron chi connectivity index (χ0n) is 6.42. The Balaban J connectivity index is 1.66. The van der Waals surface area contributed by atoms with Gasteiger partial charge in [-0.2, -0.15) is 11.8 Å². The number of nitrogens with zero attached hydrogens (tertiary/aromatic N) is 1. The molecule has 1 aliphatic carbocycles. The predicted octanol–water partition coefficient (Wildman–Crippen LogP) is 2.05. The Morgan fingerprint density at radius 3 is 3.18 bits per heavy atom. The summed E-state index contributed by atoms with van der Waals surface area (Å²) in [7, 11) is 0. The van der Waals surface area contributed by atoms with Crippen LogP contribution in [0.2, 0.25) is 0 Å². The molecule has 1 heterocycles. The fraction of sp³-hybridized carbons (Fsp3) is 0.625. The summed E-state index contributed by atoms with van der Waals surface area (Å²) in [6.45, 7) is 0. The van der Waals surface area contributed by atoms with Crippen molar-refractivity contribution in [2.75, 3.05) is 5.75 Å². The van der Waals surface area contributed by atoms with E-state index in [1.807, 2.05) is 18.0 Å². The molecular weight excluding hydrogens is 156 g/mol. The molecule has 0 saturated heterocycles. The number of aromatic amines is 1. The second kappa shape index (κ2) is 3.30. The molecule has 0 bridgehead atoms. The van der Waals surface area contributed by atoms with E-state index in [1.165, 1.54) is 24.3 Å². The summed E-state index contributed by atoms with van der Waals surface area (Å²) in [6, 6.07) is 0. The second-order valence-electron chi connectivity index (χ2n) is 3.04. The molecule has 1 saturated carbocycles. The highest BCUT2D eigenvalue weighted by molar-refractivity contribution is 7.98. The van der Waals surface area contributed by atoms with Crippen LogP contribution in [0.1, 0.15) is 18.5 Å². The predicted molar refractivity (Wildman–Crippen MR) is 47.5 cm³/mol. The monoisotopic (exact) mass is 168 g/mol. The molecule has 1 N–H and O–H groups in total. The molecule has 0 atom stereocenters. The Kier molecular flexibility index (Phi) is 2.17. The Morgan fingerprint density at radius 2 is 2.55 bits per heavy atom. The number of hydrogen-bond donors (Lipinski definition) is 1. The summed E-state index contributed by atoms with van der Waals surface area (Å²) in [5.41, 5.74) is 1.25. The lowest BCUT2D eigenvalue weighted by Crippen LogP contribution is -1.83. The van der Waals surface area contributed by atoms with Crippen LogP contribution in [0.3, 0.4) is 0 Å². The van der Waals surface area contributed by atoms with Crippen molar-refractivity contribution in [3.05, 3.63) is 18.2 Å². The van der Waals surface area contributed by atoms with Crippen molar-refractivity contribution in [3.63, 3.8) is 0 Å². The van der Waals surface area contributed by atoms with E-state index in [2.05, 4.69) is 9.97 Å². The molecular formula is C8H12N2S. The van der Waals surface area contributed by atoms with Crippen molar-refractivity contribution in [1.29, 1.82) is 0 Å². The van der Waals surface area contributed by atoms with Gasteiger partial charge in [-0.3, -0.25) is 0 Å². The van der Waals surface area contributed by atoms with Crippen LogP contribution < -0.4 is 0 Å². The van der Waals surface area contributed by atoms with Crippen LogP contribution >= 0.6 is 11.8 Å². The largest absolute Gasteiger partial charge is 0.348 e. The van der Waals surface area contributed by atoms with Gasteiger partial charge < -0.3 is 4.98 Å². The third-order valence-electron chi connectivity index (χ3n) is 1.86. The van der Waals surface area contributed by atoms with Gasteiger partial charge in [0.15, 0.2) is 0 Å². The Morgan fingerprint density at radius 1 is 1.64 bits per heavy atom. The van der Waals surface area contributed by atoms with Crippen molar-refractivity contribution in [2.45, 2.75) is 18.6 Å². The minimum atomic E-state index is 1.03. The van der Waals surface area contributed by atoms with Crippen LogP contribution in [0, 0.1) is 5.92 Å². The number of imidazole rings is 1. The zero-order valence-corrected chi connectivity index (χ0v) is 7.23. The standard InChI is InChI=1S/C8H12N2S/c1-2-7(1)4-11-5-8-3-9-6-10-8/h3,6-7H,1-2,4-5H2,(H,9,10). The number of hydrogen-bond acceptors (Lipinski definition) is 2. The Hall–Kier alpha value is -0.440. The maximum atomic E-state index is 3.97. The van der Waals surface area contributed by atoms with Crippen molar-refractivity contribution >= 4 is 11.8 Å². The Bertz CT molecular complexity index is 204. The molecule has 11 heavy (non-hydrogen) atoms. The highest BCUT2D eigenvalue weighted by atomic mass is 32.2. The summed E-state index contributed by atoms with van der Waals surface area (Å²) < 4.78 is 0. The van der Waals surface area contributed by atoms with Gasteiger partial charge in [0.25, 0.3) is 0 Å². The van der Waals surface area contributed by atoms with Crippen LogP contribution in [0.25, 0.3) is 0 Å². The van der Waals surface area contributed by atoms with Gasteiger partial charge >= 0.3 is 0 Å². The van der Waals surface area contributed by atoms with E-state index < -0.39 is 0 Å². The fourth-order valence-corrected chi connectivity index (χ4v) is 2.15. The molecule has 1 aromatic heterocycles. The van der Waals surface area contributed by atoms with Gasteiger partial charge in [-0.15, -0.1) is 0 Å². The van der Waals surface area contributed by atoms with E-state index in [0.29, 0.717) is 0 Å².